The Bertz CT molecular complexity index is 1100. The first-order valence-corrected chi connectivity index (χ1v) is 10.0. The lowest BCUT2D eigenvalue weighted by Crippen LogP contribution is -2.28. The van der Waals surface area contributed by atoms with Crippen molar-refractivity contribution in [2.24, 2.45) is 0 Å². The SMILES string of the molecule is O=C(Nc1ccc(C2SCC(=O)N2c2ccc(F)cc2F)cc1)c1ccc(F)cc1. The summed E-state index contributed by atoms with van der Waals surface area (Å²) in [6.45, 7) is 0. The van der Waals surface area contributed by atoms with Crippen molar-refractivity contribution in [2.45, 2.75) is 5.37 Å². The van der Waals surface area contributed by atoms with Gasteiger partial charge >= 0.3 is 0 Å². The first-order valence-electron chi connectivity index (χ1n) is 8.98. The number of hydrogen-bond acceptors (Lipinski definition) is 3. The summed E-state index contributed by atoms with van der Waals surface area (Å²) in [7, 11) is 0. The van der Waals surface area contributed by atoms with Crippen molar-refractivity contribution >= 4 is 35.0 Å². The molecule has 0 bridgehead atoms. The normalized spacial score (nSPS) is 16.0. The predicted molar refractivity (Wildman–Crippen MR) is 110 cm³/mol. The van der Waals surface area contributed by atoms with Gasteiger partial charge < -0.3 is 5.32 Å². The van der Waals surface area contributed by atoms with Gasteiger partial charge in [0.2, 0.25) is 5.91 Å². The van der Waals surface area contributed by atoms with Crippen molar-refractivity contribution in [1.29, 1.82) is 0 Å². The molecule has 0 aliphatic carbocycles. The number of rotatable bonds is 4. The van der Waals surface area contributed by atoms with Gasteiger partial charge in [-0.3, -0.25) is 14.5 Å². The number of thioether (sulfide) groups is 1. The van der Waals surface area contributed by atoms with E-state index in [1.54, 1.807) is 24.3 Å². The third-order valence-electron chi connectivity index (χ3n) is 4.60. The van der Waals surface area contributed by atoms with Crippen LogP contribution < -0.4 is 10.2 Å². The first-order chi connectivity index (χ1) is 14.4. The maximum absolute atomic E-state index is 14.2. The minimum atomic E-state index is -0.806. The number of nitrogens with one attached hydrogen (secondary N) is 1. The lowest BCUT2D eigenvalue weighted by Gasteiger charge is -2.25. The molecule has 8 heteroatoms. The van der Waals surface area contributed by atoms with E-state index >= 15 is 0 Å². The minimum absolute atomic E-state index is 0.0186. The molecule has 1 aliphatic heterocycles. The van der Waals surface area contributed by atoms with Crippen LogP contribution in [0.5, 0.6) is 0 Å². The predicted octanol–water partition coefficient (Wildman–Crippen LogP) is 5.13. The summed E-state index contributed by atoms with van der Waals surface area (Å²) in [5.74, 6) is -2.44. The van der Waals surface area contributed by atoms with Gasteiger partial charge in [0.1, 0.15) is 22.8 Å². The van der Waals surface area contributed by atoms with Crippen molar-refractivity contribution in [2.75, 3.05) is 16.0 Å². The largest absolute Gasteiger partial charge is 0.322 e. The molecule has 1 fully saturated rings. The van der Waals surface area contributed by atoms with Gasteiger partial charge in [0.15, 0.2) is 0 Å². The van der Waals surface area contributed by atoms with Crippen molar-refractivity contribution in [1.82, 2.24) is 0 Å². The van der Waals surface area contributed by atoms with Gasteiger partial charge in [0.25, 0.3) is 5.91 Å². The molecule has 2 amide bonds. The standard InChI is InChI=1S/C22H15F3N2O2S/c23-15-5-1-13(2-6-15)21(29)26-17-8-3-14(4-9-17)22-27(20(28)12-30-22)19-10-7-16(24)11-18(19)25/h1-11,22H,12H2,(H,26,29). The molecule has 4 nitrogen and oxygen atoms in total. The van der Waals surface area contributed by atoms with Crippen LogP contribution in [0.3, 0.4) is 0 Å². The molecule has 30 heavy (non-hydrogen) atoms. The quantitative estimate of drug-likeness (QED) is 0.627. The Hall–Kier alpha value is -3.26. The third-order valence-corrected chi connectivity index (χ3v) is 5.81. The smallest absolute Gasteiger partial charge is 0.255 e. The van der Waals surface area contributed by atoms with E-state index in [1.165, 1.54) is 47.0 Å². The number of benzene rings is 3. The van der Waals surface area contributed by atoms with Crippen LogP contribution in [0.4, 0.5) is 24.5 Å². The zero-order chi connectivity index (χ0) is 21.3. The second kappa shape index (κ2) is 8.23. The molecule has 1 saturated heterocycles. The summed E-state index contributed by atoms with van der Waals surface area (Å²) in [6.07, 6.45) is 0. The fourth-order valence-electron chi connectivity index (χ4n) is 3.14. The topological polar surface area (TPSA) is 49.4 Å². The highest BCUT2D eigenvalue weighted by molar-refractivity contribution is 8.00. The molecule has 0 radical (unpaired) electrons. The highest BCUT2D eigenvalue weighted by atomic mass is 32.2. The molecule has 3 aromatic rings. The van der Waals surface area contributed by atoms with Crippen molar-refractivity contribution < 1.29 is 22.8 Å². The van der Waals surface area contributed by atoms with Gasteiger partial charge in [-0.25, -0.2) is 13.2 Å². The summed E-state index contributed by atoms with van der Waals surface area (Å²) >= 11 is 1.33. The van der Waals surface area contributed by atoms with Crippen LogP contribution in [0.1, 0.15) is 21.3 Å². The Labute approximate surface area is 174 Å². The Morgan fingerprint density at radius 1 is 0.933 bits per heavy atom. The van der Waals surface area contributed by atoms with E-state index in [0.29, 0.717) is 11.3 Å². The highest BCUT2D eigenvalue weighted by Crippen LogP contribution is 2.42. The average Bonchev–Trinajstić information content (AvgIpc) is 3.10. The summed E-state index contributed by atoms with van der Waals surface area (Å²) in [5, 5.41) is 2.24. The number of carbonyl (C=O) groups excluding carboxylic acids is 2. The van der Waals surface area contributed by atoms with E-state index in [9.17, 15) is 22.8 Å². The van der Waals surface area contributed by atoms with Crippen LogP contribution in [-0.2, 0) is 4.79 Å². The van der Waals surface area contributed by atoms with Gasteiger partial charge in [-0.2, -0.15) is 0 Å². The number of nitrogens with zero attached hydrogens (tertiary/aromatic N) is 1. The van der Waals surface area contributed by atoms with Crippen molar-refractivity contribution in [3.05, 3.63) is 95.3 Å². The molecular formula is C22H15F3N2O2S. The number of halogens is 3. The number of hydrogen-bond donors (Lipinski definition) is 1. The van der Waals surface area contributed by atoms with E-state index in [1.807, 2.05) is 0 Å². The molecule has 4 rings (SSSR count). The Morgan fingerprint density at radius 2 is 1.60 bits per heavy atom. The fraction of sp³-hybridized carbons (Fsp3) is 0.0909. The average molecular weight is 428 g/mol. The van der Waals surface area contributed by atoms with E-state index in [2.05, 4.69) is 5.32 Å². The van der Waals surface area contributed by atoms with Crippen LogP contribution >= 0.6 is 11.8 Å². The molecule has 0 spiro atoms. The Kier molecular flexibility index (Phi) is 5.50. The lowest BCUT2D eigenvalue weighted by molar-refractivity contribution is -0.115. The van der Waals surface area contributed by atoms with Crippen molar-refractivity contribution in [3.63, 3.8) is 0 Å². The summed E-state index contributed by atoms with van der Waals surface area (Å²) in [4.78, 5) is 25.9. The molecule has 1 aliphatic rings. The van der Waals surface area contributed by atoms with E-state index in [0.717, 1.165) is 17.7 Å². The lowest BCUT2D eigenvalue weighted by atomic mass is 10.1. The zero-order valence-corrected chi connectivity index (χ0v) is 16.3. The zero-order valence-electron chi connectivity index (χ0n) is 15.4. The van der Waals surface area contributed by atoms with Crippen LogP contribution in [0.25, 0.3) is 0 Å². The molecule has 0 saturated carbocycles. The number of anilines is 2. The van der Waals surface area contributed by atoms with Crippen LogP contribution in [0.2, 0.25) is 0 Å². The minimum Gasteiger partial charge on any atom is -0.322 e. The second-order valence-electron chi connectivity index (χ2n) is 6.61. The summed E-state index contributed by atoms with van der Waals surface area (Å²) < 4.78 is 40.5. The summed E-state index contributed by atoms with van der Waals surface area (Å²) in [5.41, 5.74) is 1.58. The molecule has 1 N–H and O–H groups in total. The first kappa shape index (κ1) is 20.0. The third kappa shape index (κ3) is 4.04. The van der Waals surface area contributed by atoms with E-state index in [4.69, 9.17) is 0 Å². The molecule has 1 heterocycles. The highest BCUT2D eigenvalue weighted by Gasteiger charge is 2.35. The molecule has 3 aromatic carbocycles. The molecule has 0 aromatic heterocycles. The van der Waals surface area contributed by atoms with Crippen LogP contribution in [0, 0.1) is 17.5 Å². The van der Waals surface area contributed by atoms with Crippen LogP contribution in [-0.4, -0.2) is 17.6 Å². The maximum Gasteiger partial charge on any atom is 0.255 e. The Balaban J connectivity index is 1.53. The van der Waals surface area contributed by atoms with Gasteiger partial charge in [0.05, 0.1) is 11.4 Å². The maximum atomic E-state index is 14.2. The molecule has 152 valence electrons. The summed E-state index contributed by atoms with van der Waals surface area (Å²) in [6, 6.07) is 15.1. The molecule has 1 unspecified atom stereocenters. The number of carbonyl (C=O) groups is 2. The Morgan fingerprint density at radius 3 is 2.27 bits per heavy atom. The van der Waals surface area contributed by atoms with Gasteiger partial charge in [0, 0.05) is 17.3 Å². The van der Waals surface area contributed by atoms with Gasteiger partial charge in [-0.1, -0.05) is 12.1 Å². The van der Waals surface area contributed by atoms with Crippen LogP contribution in [0.15, 0.2) is 66.7 Å². The monoisotopic (exact) mass is 428 g/mol. The second-order valence-corrected chi connectivity index (χ2v) is 7.67. The van der Waals surface area contributed by atoms with Gasteiger partial charge in [-0.05, 0) is 54.1 Å². The van der Waals surface area contributed by atoms with Gasteiger partial charge in [-0.15, -0.1) is 11.8 Å². The van der Waals surface area contributed by atoms with E-state index in [-0.39, 0.29) is 23.3 Å². The van der Waals surface area contributed by atoms with Crippen molar-refractivity contribution in [3.8, 4) is 0 Å². The molecule has 1 atom stereocenters. The fourth-order valence-corrected chi connectivity index (χ4v) is 4.31. The number of amides is 2. The van der Waals surface area contributed by atoms with E-state index < -0.39 is 22.8 Å². The molecular weight excluding hydrogens is 413 g/mol.